The molecule has 2 aromatic carbocycles. The molecule has 25 heavy (non-hydrogen) atoms. The van der Waals surface area contributed by atoms with Crippen molar-refractivity contribution in [3.05, 3.63) is 70.8 Å². The predicted molar refractivity (Wildman–Crippen MR) is 101 cm³/mol. The first-order valence-electron chi connectivity index (χ1n) is 9.04. The Bertz CT molecular complexity index is 731. The first-order valence-corrected chi connectivity index (χ1v) is 9.04. The maximum absolute atomic E-state index is 12.9. The van der Waals surface area contributed by atoms with Gasteiger partial charge in [0.15, 0.2) is 0 Å². The third-order valence-electron chi connectivity index (χ3n) is 5.48. The number of nitrogens with zero attached hydrogens (tertiary/aromatic N) is 1. The molecule has 0 atom stereocenters. The van der Waals surface area contributed by atoms with E-state index in [0.29, 0.717) is 13.1 Å². The summed E-state index contributed by atoms with van der Waals surface area (Å²) in [7, 11) is 0. The number of rotatable bonds is 4. The van der Waals surface area contributed by atoms with Crippen LogP contribution in [0.5, 0.6) is 0 Å². The molecule has 1 heterocycles. The van der Waals surface area contributed by atoms with E-state index in [1.807, 2.05) is 49.1 Å². The number of carbonyl (C=O) groups is 1. The van der Waals surface area contributed by atoms with Crippen LogP contribution < -0.4 is 0 Å². The Balaban J connectivity index is 1.68. The molecule has 0 aliphatic carbocycles. The zero-order valence-electron chi connectivity index (χ0n) is 15.2. The molecule has 0 unspecified atom stereocenters. The van der Waals surface area contributed by atoms with E-state index >= 15 is 0 Å². The van der Waals surface area contributed by atoms with Crippen molar-refractivity contribution >= 4 is 5.91 Å². The number of benzene rings is 2. The lowest BCUT2D eigenvalue weighted by molar-refractivity contribution is 0.0358. The van der Waals surface area contributed by atoms with Crippen LogP contribution in [0.3, 0.4) is 0 Å². The maximum Gasteiger partial charge on any atom is 0.254 e. The number of aryl methyl sites for hydroxylation is 2. The van der Waals surface area contributed by atoms with E-state index in [1.54, 1.807) is 0 Å². The van der Waals surface area contributed by atoms with Crippen LogP contribution in [0.25, 0.3) is 0 Å². The van der Waals surface area contributed by atoms with E-state index in [-0.39, 0.29) is 17.9 Å². The molecule has 1 N–H and O–H groups in total. The normalized spacial score (nSPS) is 16.7. The van der Waals surface area contributed by atoms with E-state index in [4.69, 9.17) is 0 Å². The first-order chi connectivity index (χ1) is 12.0. The minimum absolute atomic E-state index is 0.111. The van der Waals surface area contributed by atoms with Crippen molar-refractivity contribution in [3.8, 4) is 0 Å². The highest BCUT2D eigenvalue weighted by Crippen LogP contribution is 2.35. The summed E-state index contributed by atoms with van der Waals surface area (Å²) in [6, 6.07) is 16.3. The zero-order valence-corrected chi connectivity index (χ0v) is 15.2. The Kier molecular flexibility index (Phi) is 5.24. The summed E-state index contributed by atoms with van der Waals surface area (Å²) in [6.07, 6.45) is 2.56. The van der Waals surface area contributed by atoms with Gasteiger partial charge < -0.3 is 10.0 Å². The van der Waals surface area contributed by atoms with Crippen LogP contribution >= 0.6 is 0 Å². The third kappa shape index (κ3) is 3.93. The molecule has 3 heteroatoms. The number of carbonyl (C=O) groups excluding carboxylic acids is 1. The average Bonchev–Trinajstić information content (AvgIpc) is 2.63. The molecule has 1 aliphatic rings. The van der Waals surface area contributed by atoms with Crippen molar-refractivity contribution < 1.29 is 9.90 Å². The summed E-state index contributed by atoms with van der Waals surface area (Å²) in [4.78, 5) is 14.8. The minimum Gasteiger partial charge on any atom is -0.396 e. The van der Waals surface area contributed by atoms with Gasteiger partial charge in [0.05, 0.1) is 0 Å². The van der Waals surface area contributed by atoms with Gasteiger partial charge in [-0.2, -0.15) is 0 Å². The van der Waals surface area contributed by atoms with Gasteiger partial charge in [0.1, 0.15) is 0 Å². The SMILES string of the molecule is Cc1ccc(C(=O)N2CCC(CO)(Cc3ccccc3)CC2)c(C)c1. The molecule has 1 aliphatic heterocycles. The lowest BCUT2D eigenvalue weighted by Crippen LogP contribution is -2.45. The van der Waals surface area contributed by atoms with E-state index in [1.165, 1.54) is 11.1 Å². The Hall–Kier alpha value is -2.13. The van der Waals surface area contributed by atoms with Crippen molar-refractivity contribution in [2.75, 3.05) is 19.7 Å². The Morgan fingerprint density at radius 2 is 1.76 bits per heavy atom. The van der Waals surface area contributed by atoms with Crippen LogP contribution in [0.1, 0.15) is 39.9 Å². The van der Waals surface area contributed by atoms with Crippen molar-refractivity contribution in [3.63, 3.8) is 0 Å². The first kappa shape index (κ1) is 17.7. The molecule has 1 fully saturated rings. The summed E-state index contributed by atoms with van der Waals surface area (Å²) >= 11 is 0. The fourth-order valence-corrected chi connectivity index (χ4v) is 3.83. The third-order valence-corrected chi connectivity index (χ3v) is 5.48. The van der Waals surface area contributed by atoms with Crippen molar-refractivity contribution in [1.29, 1.82) is 0 Å². The van der Waals surface area contributed by atoms with Gasteiger partial charge in [0.2, 0.25) is 0 Å². The minimum atomic E-state index is -0.111. The summed E-state index contributed by atoms with van der Waals surface area (Å²) in [5, 5.41) is 10.0. The average molecular weight is 337 g/mol. The lowest BCUT2D eigenvalue weighted by atomic mass is 9.74. The largest absolute Gasteiger partial charge is 0.396 e. The highest BCUT2D eigenvalue weighted by molar-refractivity contribution is 5.95. The number of piperidine rings is 1. The number of hydrogen-bond donors (Lipinski definition) is 1. The monoisotopic (exact) mass is 337 g/mol. The summed E-state index contributed by atoms with van der Waals surface area (Å²) < 4.78 is 0. The van der Waals surface area contributed by atoms with E-state index in [9.17, 15) is 9.90 Å². The van der Waals surface area contributed by atoms with Crippen LogP contribution in [0, 0.1) is 19.3 Å². The fraction of sp³-hybridized carbons (Fsp3) is 0.409. The molecule has 1 amide bonds. The van der Waals surface area contributed by atoms with Gasteiger partial charge in [-0.15, -0.1) is 0 Å². The second-order valence-corrected chi connectivity index (χ2v) is 7.43. The topological polar surface area (TPSA) is 40.5 Å². The maximum atomic E-state index is 12.9. The molecule has 132 valence electrons. The van der Waals surface area contributed by atoms with Gasteiger partial charge in [-0.25, -0.2) is 0 Å². The second kappa shape index (κ2) is 7.40. The Labute approximate surface area is 150 Å². The van der Waals surface area contributed by atoms with Crippen LogP contribution in [0.4, 0.5) is 0 Å². The molecule has 3 nitrogen and oxygen atoms in total. The summed E-state index contributed by atoms with van der Waals surface area (Å²) in [6.45, 7) is 5.63. The molecule has 0 radical (unpaired) electrons. The number of amides is 1. The fourth-order valence-electron chi connectivity index (χ4n) is 3.83. The second-order valence-electron chi connectivity index (χ2n) is 7.43. The van der Waals surface area contributed by atoms with Crippen molar-refractivity contribution in [2.45, 2.75) is 33.1 Å². The number of aliphatic hydroxyl groups excluding tert-OH is 1. The molecule has 1 saturated heterocycles. The van der Waals surface area contributed by atoms with Gasteiger partial charge in [0, 0.05) is 30.7 Å². The van der Waals surface area contributed by atoms with E-state index in [0.717, 1.165) is 30.4 Å². The van der Waals surface area contributed by atoms with Crippen molar-refractivity contribution in [2.24, 2.45) is 5.41 Å². The highest BCUT2D eigenvalue weighted by Gasteiger charge is 2.36. The van der Waals surface area contributed by atoms with Gasteiger partial charge in [0.25, 0.3) is 5.91 Å². The van der Waals surface area contributed by atoms with Crippen LogP contribution in [-0.2, 0) is 6.42 Å². The van der Waals surface area contributed by atoms with Gasteiger partial charge in [-0.1, -0.05) is 48.0 Å². The molecule has 0 saturated carbocycles. The van der Waals surface area contributed by atoms with Crippen LogP contribution in [0.15, 0.2) is 48.5 Å². The molecular formula is C22H27NO2. The number of aliphatic hydroxyl groups is 1. The lowest BCUT2D eigenvalue weighted by Gasteiger charge is -2.41. The molecule has 0 aromatic heterocycles. The summed E-state index contributed by atoms with van der Waals surface area (Å²) in [5.41, 5.74) is 4.15. The molecule has 0 bridgehead atoms. The van der Waals surface area contributed by atoms with Crippen LogP contribution in [-0.4, -0.2) is 35.6 Å². The number of likely N-dealkylation sites (tertiary alicyclic amines) is 1. The smallest absolute Gasteiger partial charge is 0.254 e. The summed E-state index contributed by atoms with van der Waals surface area (Å²) in [5.74, 6) is 0.115. The standard InChI is InChI=1S/C22H27NO2/c1-17-8-9-20(18(2)14-17)21(25)23-12-10-22(16-24,11-13-23)15-19-6-4-3-5-7-19/h3-9,14,24H,10-13,15-16H2,1-2H3. The predicted octanol–water partition coefficient (Wildman–Crippen LogP) is 3.76. The van der Waals surface area contributed by atoms with E-state index in [2.05, 4.69) is 18.2 Å². The highest BCUT2D eigenvalue weighted by atomic mass is 16.3. The molecule has 3 rings (SSSR count). The molecule has 0 spiro atoms. The Morgan fingerprint density at radius 3 is 2.36 bits per heavy atom. The van der Waals surface area contributed by atoms with Gasteiger partial charge in [-0.05, 0) is 50.3 Å². The van der Waals surface area contributed by atoms with Gasteiger partial charge >= 0.3 is 0 Å². The molecular weight excluding hydrogens is 310 g/mol. The van der Waals surface area contributed by atoms with Gasteiger partial charge in [-0.3, -0.25) is 4.79 Å². The zero-order chi connectivity index (χ0) is 17.9. The van der Waals surface area contributed by atoms with Crippen LogP contribution in [0.2, 0.25) is 0 Å². The quantitative estimate of drug-likeness (QED) is 0.923. The number of hydrogen-bond acceptors (Lipinski definition) is 2. The Morgan fingerprint density at radius 1 is 1.08 bits per heavy atom. The van der Waals surface area contributed by atoms with Crippen molar-refractivity contribution in [1.82, 2.24) is 4.90 Å². The molecule has 2 aromatic rings. The van der Waals surface area contributed by atoms with E-state index < -0.39 is 0 Å².